The Morgan fingerprint density at radius 3 is 2.56 bits per heavy atom. The SMILES string of the molecule is NC(=O)C1CCN(C(=O)CCN(Cc2ccco2)C(=O)c2ccoc2)CC1. The molecule has 8 nitrogen and oxygen atoms in total. The lowest BCUT2D eigenvalue weighted by Crippen LogP contribution is -2.43. The molecule has 0 spiro atoms. The van der Waals surface area contributed by atoms with Gasteiger partial charge in [-0.25, -0.2) is 0 Å². The molecule has 2 aromatic heterocycles. The Hall–Kier alpha value is -3.03. The minimum absolute atomic E-state index is 0.0395. The number of hydrogen-bond acceptors (Lipinski definition) is 5. The summed E-state index contributed by atoms with van der Waals surface area (Å²) in [7, 11) is 0. The van der Waals surface area contributed by atoms with E-state index in [2.05, 4.69) is 0 Å². The van der Waals surface area contributed by atoms with Crippen LogP contribution in [0.1, 0.15) is 35.4 Å². The summed E-state index contributed by atoms with van der Waals surface area (Å²) in [6.07, 6.45) is 5.74. The fraction of sp³-hybridized carbons (Fsp3) is 0.421. The molecule has 0 bridgehead atoms. The summed E-state index contributed by atoms with van der Waals surface area (Å²) in [6.45, 7) is 1.56. The molecule has 0 unspecified atom stereocenters. The van der Waals surface area contributed by atoms with Gasteiger partial charge in [0.05, 0.1) is 24.6 Å². The van der Waals surface area contributed by atoms with E-state index in [0.717, 1.165) is 0 Å². The number of likely N-dealkylation sites (tertiary alicyclic amines) is 1. The summed E-state index contributed by atoms with van der Waals surface area (Å²) >= 11 is 0. The Morgan fingerprint density at radius 1 is 1.19 bits per heavy atom. The summed E-state index contributed by atoms with van der Waals surface area (Å²) in [5.41, 5.74) is 5.76. The Bertz CT molecular complexity index is 761. The van der Waals surface area contributed by atoms with Gasteiger partial charge in [-0.05, 0) is 31.0 Å². The number of furan rings is 2. The maximum Gasteiger partial charge on any atom is 0.257 e. The van der Waals surface area contributed by atoms with E-state index in [0.29, 0.717) is 37.3 Å². The van der Waals surface area contributed by atoms with Crippen LogP contribution < -0.4 is 5.73 Å². The minimum Gasteiger partial charge on any atom is -0.472 e. The maximum atomic E-state index is 12.7. The van der Waals surface area contributed by atoms with Gasteiger partial charge >= 0.3 is 0 Å². The van der Waals surface area contributed by atoms with Crippen molar-refractivity contribution < 1.29 is 23.2 Å². The molecule has 3 rings (SSSR count). The highest BCUT2D eigenvalue weighted by Gasteiger charge is 2.26. The van der Waals surface area contributed by atoms with Gasteiger partial charge in [-0.1, -0.05) is 0 Å². The summed E-state index contributed by atoms with van der Waals surface area (Å²) in [5, 5.41) is 0. The smallest absolute Gasteiger partial charge is 0.257 e. The fourth-order valence-electron chi connectivity index (χ4n) is 3.21. The first-order valence-electron chi connectivity index (χ1n) is 8.95. The second-order valence-corrected chi connectivity index (χ2v) is 6.63. The van der Waals surface area contributed by atoms with E-state index >= 15 is 0 Å². The highest BCUT2D eigenvalue weighted by molar-refractivity contribution is 5.94. The zero-order valence-corrected chi connectivity index (χ0v) is 15.0. The van der Waals surface area contributed by atoms with Crippen LogP contribution in [0.2, 0.25) is 0 Å². The minimum atomic E-state index is -0.308. The first-order chi connectivity index (χ1) is 13.0. The van der Waals surface area contributed by atoms with Crippen LogP contribution in [-0.2, 0) is 16.1 Å². The van der Waals surface area contributed by atoms with Crippen molar-refractivity contribution in [3.8, 4) is 0 Å². The Kier molecular flexibility index (Phi) is 5.95. The average molecular weight is 373 g/mol. The van der Waals surface area contributed by atoms with Crippen LogP contribution >= 0.6 is 0 Å². The summed E-state index contributed by atoms with van der Waals surface area (Å²) in [5.74, 6) is -0.0890. The van der Waals surface area contributed by atoms with Gasteiger partial charge in [-0.2, -0.15) is 0 Å². The Balaban J connectivity index is 1.58. The van der Waals surface area contributed by atoms with Crippen molar-refractivity contribution in [1.29, 1.82) is 0 Å². The standard InChI is InChI=1S/C19H23N3O5/c20-18(24)14-3-7-21(8-4-14)17(23)5-9-22(12-16-2-1-10-27-16)19(25)15-6-11-26-13-15/h1-2,6,10-11,13-14H,3-5,7-9,12H2,(H2,20,24). The number of carbonyl (C=O) groups is 3. The third-order valence-corrected chi connectivity index (χ3v) is 4.83. The molecule has 0 aliphatic carbocycles. The molecular formula is C19H23N3O5. The van der Waals surface area contributed by atoms with Crippen LogP contribution in [0.4, 0.5) is 0 Å². The van der Waals surface area contributed by atoms with Gasteiger partial charge in [0, 0.05) is 32.0 Å². The van der Waals surface area contributed by atoms with E-state index in [1.54, 1.807) is 34.3 Å². The zero-order chi connectivity index (χ0) is 19.2. The summed E-state index contributed by atoms with van der Waals surface area (Å²) in [4.78, 5) is 39.7. The largest absolute Gasteiger partial charge is 0.472 e. The van der Waals surface area contributed by atoms with E-state index in [1.165, 1.54) is 12.5 Å². The van der Waals surface area contributed by atoms with Gasteiger partial charge in [0.1, 0.15) is 12.0 Å². The van der Waals surface area contributed by atoms with Crippen molar-refractivity contribution in [3.05, 3.63) is 48.3 Å². The van der Waals surface area contributed by atoms with Crippen molar-refractivity contribution >= 4 is 17.7 Å². The van der Waals surface area contributed by atoms with Crippen molar-refractivity contribution in [2.75, 3.05) is 19.6 Å². The lowest BCUT2D eigenvalue weighted by Gasteiger charge is -2.31. The van der Waals surface area contributed by atoms with Gasteiger partial charge in [-0.15, -0.1) is 0 Å². The molecule has 0 saturated carbocycles. The Morgan fingerprint density at radius 2 is 1.96 bits per heavy atom. The van der Waals surface area contributed by atoms with Crippen molar-refractivity contribution in [2.45, 2.75) is 25.8 Å². The molecule has 1 saturated heterocycles. The van der Waals surface area contributed by atoms with Gasteiger partial charge in [-0.3, -0.25) is 14.4 Å². The van der Waals surface area contributed by atoms with E-state index in [1.807, 2.05) is 0 Å². The first-order valence-corrected chi connectivity index (χ1v) is 8.95. The van der Waals surface area contributed by atoms with Crippen LogP contribution in [0.15, 0.2) is 45.8 Å². The predicted molar refractivity (Wildman–Crippen MR) is 95.3 cm³/mol. The summed E-state index contributed by atoms with van der Waals surface area (Å²) in [6, 6.07) is 5.13. The molecule has 27 heavy (non-hydrogen) atoms. The van der Waals surface area contributed by atoms with Crippen LogP contribution in [0.5, 0.6) is 0 Å². The highest BCUT2D eigenvalue weighted by Crippen LogP contribution is 2.18. The van der Waals surface area contributed by atoms with Gasteiger partial charge in [0.2, 0.25) is 11.8 Å². The van der Waals surface area contributed by atoms with Crippen LogP contribution in [0, 0.1) is 5.92 Å². The third-order valence-electron chi connectivity index (χ3n) is 4.83. The lowest BCUT2D eigenvalue weighted by molar-refractivity contribution is -0.135. The van der Waals surface area contributed by atoms with Crippen molar-refractivity contribution in [1.82, 2.24) is 9.80 Å². The quantitative estimate of drug-likeness (QED) is 0.793. The maximum absolute atomic E-state index is 12.7. The Labute approximate surface area is 156 Å². The number of amides is 3. The molecule has 1 aliphatic heterocycles. The van der Waals surface area contributed by atoms with E-state index in [9.17, 15) is 14.4 Å². The lowest BCUT2D eigenvalue weighted by atomic mass is 9.96. The second-order valence-electron chi connectivity index (χ2n) is 6.63. The van der Waals surface area contributed by atoms with Gasteiger partial charge in [0.15, 0.2) is 0 Å². The number of rotatable bonds is 7. The molecule has 3 amide bonds. The molecular weight excluding hydrogens is 350 g/mol. The topological polar surface area (TPSA) is 110 Å². The third kappa shape index (κ3) is 4.78. The second kappa shape index (κ2) is 8.57. The molecule has 0 atom stereocenters. The molecule has 8 heteroatoms. The number of piperidine rings is 1. The van der Waals surface area contributed by atoms with E-state index in [4.69, 9.17) is 14.6 Å². The predicted octanol–water partition coefficient (Wildman–Crippen LogP) is 1.63. The highest BCUT2D eigenvalue weighted by atomic mass is 16.3. The average Bonchev–Trinajstić information content (AvgIpc) is 3.38. The molecule has 2 aromatic rings. The number of primary amides is 1. The monoisotopic (exact) mass is 373 g/mol. The molecule has 1 fully saturated rings. The fourth-order valence-corrected chi connectivity index (χ4v) is 3.21. The number of carbonyl (C=O) groups excluding carboxylic acids is 3. The molecule has 2 N–H and O–H groups in total. The van der Waals surface area contributed by atoms with Crippen LogP contribution in [0.25, 0.3) is 0 Å². The molecule has 144 valence electrons. The number of hydrogen-bond donors (Lipinski definition) is 1. The van der Waals surface area contributed by atoms with Crippen molar-refractivity contribution in [2.24, 2.45) is 11.7 Å². The van der Waals surface area contributed by atoms with Crippen LogP contribution in [-0.4, -0.2) is 47.2 Å². The number of nitrogens with two attached hydrogens (primary N) is 1. The van der Waals surface area contributed by atoms with Crippen molar-refractivity contribution in [3.63, 3.8) is 0 Å². The zero-order valence-electron chi connectivity index (χ0n) is 15.0. The molecule has 1 aliphatic rings. The normalized spacial score (nSPS) is 14.9. The molecule has 3 heterocycles. The van der Waals surface area contributed by atoms with E-state index in [-0.39, 0.29) is 43.1 Å². The molecule has 0 aromatic carbocycles. The van der Waals surface area contributed by atoms with Gasteiger partial charge < -0.3 is 24.4 Å². The molecule has 0 radical (unpaired) electrons. The summed E-state index contributed by atoms with van der Waals surface area (Å²) < 4.78 is 10.3. The van der Waals surface area contributed by atoms with Crippen LogP contribution in [0.3, 0.4) is 0 Å². The van der Waals surface area contributed by atoms with E-state index < -0.39 is 0 Å². The first kappa shape index (κ1) is 18.8. The van der Waals surface area contributed by atoms with Gasteiger partial charge in [0.25, 0.3) is 5.91 Å². The number of nitrogens with zero attached hydrogens (tertiary/aromatic N) is 2.